The molecule has 7 nitrogen and oxygen atoms in total. The second kappa shape index (κ2) is 8.68. The molecule has 1 aromatic heterocycles. The van der Waals surface area contributed by atoms with Crippen LogP contribution < -0.4 is 10.1 Å². The van der Waals surface area contributed by atoms with Crippen molar-refractivity contribution in [2.75, 3.05) is 18.7 Å². The predicted molar refractivity (Wildman–Crippen MR) is 123 cm³/mol. The van der Waals surface area contributed by atoms with Crippen molar-refractivity contribution >= 4 is 21.4 Å². The van der Waals surface area contributed by atoms with Crippen molar-refractivity contribution in [1.82, 2.24) is 9.78 Å². The van der Waals surface area contributed by atoms with Crippen LogP contribution in [0.1, 0.15) is 10.5 Å². The number of rotatable bonds is 6. The minimum atomic E-state index is -3.31. The molecule has 8 heteroatoms. The molecule has 32 heavy (non-hydrogen) atoms. The molecule has 4 aromatic rings. The number of hydrogen-bond donors (Lipinski definition) is 1. The molecule has 4 rings (SSSR count). The number of amides is 1. The number of para-hydroxylation sites is 1. The Balaban J connectivity index is 1.68. The van der Waals surface area contributed by atoms with Crippen LogP contribution in [0.2, 0.25) is 0 Å². The van der Waals surface area contributed by atoms with Crippen LogP contribution in [0, 0.1) is 0 Å². The Morgan fingerprint density at radius 2 is 1.59 bits per heavy atom. The van der Waals surface area contributed by atoms with Crippen molar-refractivity contribution in [2.45, 2.75) is 4.90 Å². The molecule has 1 amide bonds. The van der Waals surface area contributed by atoms with Crippen molar-refractivity contribution in [1.29, 1.82) is 0 Å². The highest BCUT2D eigenvalue weighted by Crippen LogP contribution is 2.26. The lowest BCUT2D eigenvalue weighted by Crippen LogP contribution is -2.13. The highest BCUT2D eigenvalue weighted by atomic mass is 32.2. The van der Waals surface area contributed by atoms with Crippen LogP contribution in [0.15, 0.2) is 89.8 Å². The summed E-state index contributed by atoms with van der Waals surface area (Å²) in [6, 6.07) is 24.8. The van der Waals surface area contributed by atoms with Crippen LogP contribution in [0.4, 0.5) is 5.69 Å². The maximum absolute atomic E-state index is 12.9. The van der Waals surface area contributed by atoms with E-state index in [-0.39, 0.29) is 10.6 Å². The van der Waals surface area contributed by atoms with Crippen LogP contribution in [0.5, 0.6) is 5.75 Å². The number of methoxy groups -OCH3 is 1. The first kappa shape index (κ1) is 21.3. The van der Waals surface area contributed by atoms with Gasteiger partial charge in [0, 0.05) is 17.5 Å². The van der Waals surface area contributed by atoms with E-state index >= 15 is 0 Å². The average Bonchev–Trinajstić information content (AvgIpc) is 3.25. The molecule has 3 aromatic carbocycles. The van der Waals surface area contributed by atoms with E-state index in [9.17, 15) is 13.2 Å². The van der Waals surface area contributed by atoms with Gasteiger partial charge in [-0.1, -0.05) is 18.2 Å². The molecule has 0 spiro atoms. The average molecular weight is 448 g/mol. The van der Waals surface area contributed by atoms with Gasteiger partial charge in [-0.3, -0.25) is 4.79 Å². The summed E-state index contributed by atoms with van der Waals surface area (Å²) in [4.78, 5) is 13.1. The van der Waals surface area contributed by atoms with Crippen molar-refractivity contribution in [2.24, 2.45) is 0 Å². The summed E-state index contributed by atoms with van der Waals surface area (Å²) in [6.45, 7) is 0. The van der Waals surface area contributed by atoms with E-state index in [1.54, 1.807) is 30.0 Å². The first-order valence-electron chi connectivity index (χ1n) is 9.76. The van der Waals surface area contributed by atoms with Gasteiger partial charge in [0.05, 0.1) is 23.4 Å². The lowest BCUT2D eigenvalue weighted by Gasteiger charge is -2.08. The maximum Gasteiger partial charge on any atom is 0.276 e. The number of ether oxygens (including phenoxy) is 1. The fraction of sp³-hybridized carbons (Fsp3) is 0.0833. The van der Waals surface area contributed by atoms with Crippen LogP contribution >= 0.6 is 0 Å². The van der Waals surface area contributed by atoms with Crippen molar-refractivity contribution in [3.63, 3.8) is 0 Å². The first-order valence-corrected chi connectivity index (χ1v) is 11.7. The van der Waals surface area contributed by atoms with Crippen LogP contribution in [0.3, 0.4) is 0 Å². The molecule has 0 aliphatic rings. The molecule has 1 N–H and O–H groups in total. The van der Waals surface area contributed by atoms with Crippen molar-refractivity contribution in [3.8, 4) is 22.7 Å². The lowest BCUT2D eigenvalue weighted by molar-refractivity contribution is 0.102. The van der Waals surface area contributed by atoms with E-state index in [2.05, 4.69) is 10.4 Å². The minimum Gasteiger partial charge on any atom is -0.497 e. The Hall–Kier alpha value is -3.91. The van der Waals surface area contributed by atoms with Gasteiger partial charge in [0.25, 0.3) is 5.91 Å². The quantitative estimate of drug-likeness (QED) is 0.478. The SMILES string of the molecule is COc1ccc(-c2cc(C(=O)Nc3ccc(S(C)(=O)=O)cc3)nn2-c2ccccc2)cc1. The summed E-state index contributed by atoms with van der Waals surface area (Å²) in [7, 11) is -1.70. The van der Waals surface area contributed by atoms with Gasteiger partial charge >= 0.3 is 0 Å². The molecular weight excluding hydrogens is 426 g/mol. The number of aromatic nitrogens is 2. The largest absolute Gasteiger partial charge is 0.497 e. The van der Waals surface area contributed by atoms with Crippen LogP contribution in [-0.2, 0) is 9.84 Å². The number of sulfone groups is 1. The molecule has 0 aliphatic heterocycles. The predicted octanol–water partition coefficient (Wildman–Crippen LogP) is 4.20. The number of anilines is 1. The number of nitrogens with zero attached hydrogens (tertiary/aromatic N) is 2. The van der Waals surface area contributed by atoms with Gasteiger partial charge in [-0.15, -0.1) is 0 Å². The van der Waals surface area contributed by atoms with Gasteiger partial charge < -0.3 is 10.1 Å². The van der Waals surface area contributed by atoms with Crippen molar-refractivity contribution < 1.29 is 17.9 Å². The van der Waals surface area contributed by atoms with E-state index < -0.39 is 15.7 Å². The van der Waals surface area contributed by atoms with E-state index in [1.165, 1.54) is 12.1 Å². The zero-order valence-corrected chi connectivity index (χ0v) is 18.3. The molecular formula is C24H21N3O4S. The normalized spacial score (nSPS) is 11.2. The Kier molecular flexibility index (Phi) is 5.79. The third kappa shape index (κ3) is 4.55. The lowest BCUT2D eigenvalue weighted by atomic mass is 10.1. The van der Waals surface area contributed by atoms with E-state index in [1.807, 2.05) is 54.6 Å². The monoisotopic (exact) mass is 447 g/mol. The maximum atomic E-state index is 12.9. The van der Waals surface area contributed by atoms with Gasteiger partial charge in [-0.05, 0) is 66.7 Å². The highest BCUT2D eigenvalue weighted by Gasteiger charge is 2.17. The molecule has 0 fully saturated rings. The smallest absolute Gasteiger partial charge is 0.276 e. The van der Waals surface area contributed by atoms with Gasteiger partial charge in [-0.2, -0.15) is 5.10 Å². The standard InChI is InChI=1S/C24H21N3O4S/c1-31-20-12-8-17(9-13-20)23-16-22(26-27(23)19-6-4-3-5-7-19)24(28)25-18-10-14-21(15-11-18)32(2,29)30/h3-16H,1-2H3,(H,25,28). The van der Waals surface area contributed by atoms with Crippen LogP contribution in [0.25, 0.3) is 16.9 Å². The summed E-state index contributed by atoms with van der Waals surface area (Å²) in [5, 5.41) is 7.30. The minimum absolute atomic E-state index is 0.186. The Labute approximate surface area is 186 Å². The molecule has 162 valence electrons. The Morgan fingerprint density at radius 3 is 2.19 bits per heavy atom. The molecule has 0 bridgehead atoms. The summed E-state index contributed by atoms with van der Waals surface area (Å²) in [5.41, 5.74) is 3.14. The molecule has 0 saturated heterocycles. The van der Waals surface area contributed by atoms with E-state index in [0.717, 1.165) is 29.0 Å². The molecule has 0 aliphatic carbocycles. The summed E-state index contributed by atoms with van der Waals surface area (Å²) >= 11 is 0. The number of carbonyl (C=O) groups is 1. The van der Waals surface area contributed by atoms with E-state index in [0.29, 0.717) is 5.69 Å². The fourth-order valence-corrected chi connectivity index (χ4v) is 3.84. The first-order chi connectivity index (χ1) is 15.3. The summed E-state index contributed by atoms with van der Waals surface area (Å²) < 4.78 is 30.2. The zero-order chi connectivity index (χ0) is 22.7. The van der Waals surface area contributed by atoms with Gasteiger partial charge in [0.15, 0.2) is 15.5 Å². The zero-order valence-electron chi connectivity index (χ0n) is 17.5. The number of benzene rings is 3. The van der Waals surface area contributed by atoms with Gasteiger partial charge in [0.2, 0.25) is 0 Å². The molecule has 0 saturated carbocycles. The third-order valence-corrected chi connectivity index (χ3v) is 6.00. The summed E-state index contributed by atoms with van der Waals surface area (Å²) in [5.74, 6) is 0.330. The molecule has 0 unspecified atom stereocenters. The molecule has 1 heterocycles. The third-order valence-electron chi connectivity index (χ3n) is 4.87. The Morgan fingerprint density at radius 1 is 0.938 bits per heavy atom. The number of carbonyl (C=O) groups excluding carboxylic acids is 1. The van der Waals surface area contributed by atoms with E-state index in [4.69, 9.17) is 4.74 Å². The summed E-state index contributed by atoms with van der Waals surface area (Å²) in [6.07, 6.45) is 1.14. The van der Waals surface area contributed by atoms with Gasteiger partial charge in [-0.25, -0.2) is 13.1 Å². The van der Waals surface area contributed by atoms with Crippen LogP contribution in [-0.4, -0.2) is 37.5 Å². The second-order valence-corrected chi connectivity index (χ2v) is 9.16. The highest BCUT2D eigenvalue weighted by molar-refractivity contribution is 7.90. The molecule has 0 radical (unpaired) electrons. The number of nitrogens with one attached hydrogen (secondary N) is 1. The second-order valence-electron chi connectivity index (χ2n) is 7.14. The molecule has 0 atom stereocenters. The Bertz CT molecular complexity index is 1340. The van der Waals surface area contributed by atoms with Crippen molar-refractivity contribution in [3.05, 3.63) is 90.6 Å². The number of hydrogen-bond acceptors (Lipinski definition) is 5. The topological polar surface area (TPSA) is 90.3 Å². The fourth-order valence-electron chi connectivity index (χ4n) is 3.21. The van der Waals surface area contributed by atoms with Gasteiger partial charge in [0.1, 0.15) is 5.75 Å².